The Morgan fingerprint density at radius 2 is 1.93 bits per heavy atom. The molecule has 1 saturated carbocycles. The summed E-state index contributed by atoms with van der Waals surface area (Å²) in [6, 6.07) is 17.8. The molecule has 7 rings (SSSR count). The van der Waals surface area contributed by atoms with E-state index in [0.29, 0.717) is 42.1 Å². The maximum Gasteiger partial charge on any atom is 0.439 e. The van der Waals surface area contributed by atoms with Gasteiger partial charge in [-0.25, -0.2) is 14.8 Å². The van der Waals surface area contributed by atoms with Crippen molar-refractivity contribution < 1.29 is 9.26 Å². The minimum atomic E-state index is -0.600. The summed E-state index contributed by atoms with van der Waals surface area (Å²) in [6.07, 6.45) is 5.94. The molecule has 5 aromatic rings. The lowest BCUT2D eigenvalue weighted by Gasteiger charge is -2.31. The molecule has 2 aromatic carbocycles. The van der Waals surface area contributed by atoms with Crippen molar-refractivity contribution in [3.63, 3.8) is 0 Å². The lowest BCUT2D eigenvalue weighted by Crippen LogP contribution is -2.38. The summed E-state index contributed by atoms with van der Waals surface area (Å²) in [6.45, 7) is 2.98. The van der Waals surface area contributed by atoms with Crippen LogP contribution in [-0.4, -0.2) is 53.8 Å². The highest BCUT2D eigenvalue weighted by molar-refractivity contribution is 6.30. The van der Waals surface area contributed by atoms with Crippen LogP contribution in [0.1, 0.15) is 42.9 Å². The molecule has 4 heterocycles. The maximum atomic E-state index is 11.5. The van der Waals surface area contributed by atoms with E-state index >= 15 is 0 Å². The number of ether oxygens (including phenoxy) is 1. The number of nitrogens with one attached hydrogen (secondary N) is 1. The second kappa shape index (κ2) is 11.3. The Kier molecular flexibility index (Phi) is 7.16. The average Bonchev–Trinajstić information content (AvgIpc) is 3.54. The van der Waals surface area contributed by atoms with Crippen LogP contribution in [0, 0.1) is 16.7 Å². The van der Waals surface area contributed by atoms with Crippen molar-refractivity contribution >= 4 is 22.6 Å². The van der Waals surface area contributed by atoms with Crippen molar-refractivity contribution in [3.8, 4) is 23.3 Å². The molecule has 1 saturated heterocycles. The van der Waals surface area contributed by atoms with Crippen molar-refractivity contribution in [2.24, 2.45) is 5.41 Å². The second-order valence-electron chi connectivity index (χ2n) is 11.4. The number of imidazole rings is 1. The number of benzene rings is 2. The minimum Gasteiger partial charge on any atom is -0.474 e. The molecule has 1 aliphatic carbocycles. The number of aromatic nitrogens is 6. The number of nitriles is 1. The summed E-state index contributed by atoms with van der Waals surface area (Å²) in [4.78, 5) is 30.5. The molecule has 1 N–H and O–H groups in total. The number of hydrogen-bond donors (Lipinski definition) is 1. The first-order valence-corrected chi connectivity index (χ1v) is 14.8. The molecule has 43 heavy (non-hydrogen) atoms. The summed E-state index contributed by atoms with van der Waals surface area (Å²) < 4.78 is 13.1. The molecule has 0 atom stereocenters. The van der Waals surface area contributed by atoms with Crippen molar-refractivity contribution in [1.29, 1.82) is 5.26 Å². The zero-order valence-corrected chi connectivity index (χ0v) is 24.1. The third-order valence-corrected chi connectivity index (χ3v) is 8.49. The van der Waals surface area contributed by atoms with Gasteiger partial charge in [0.15, 0.2) is 5.82 Å². The number of likely N-dealkylation sites (tertiary alicyclic amines) is 1. The molecule has 0 amide bonds. The number of hydrogen-bond acceptors (Lipinski definition) is 9. The van der Waals surface area contributed by atoms with E-state index in [4.69, 9.17) is 21.3 Å². The Labute approximate surface area is 252 Å². The highest BCUT2D eigenvalue weighted by Crippen LogP contribution is 2.47. The zero-order chi connectivity index (χ0) is 29.4. The number of fused-ring (bicyclic) bond motifs is 1. The summed E-state index contributed by atoms with van der Waals surface area (Å²) in [5.41, 5.74) is 3.23. The van der Waals surface area contributed by atoms with Gasteiger partial charge in [0.2, 0.25) is 5.88 Å². The first-order valence-electron chi connectivity index (χ1n) is 14.4. The van der Waals surface area contributed by atoms with Gasteiger partial charge in [-0.3, -0.25) is 14.4 Å². The van der Waals surface area contributed by atoms with E-state index in [1.807, 2.05) is 48.5 Å². The summed E-state index contributed by atoms with van der Waals surface area (Å²) in [5, 5.41) is 14.3. The van der Waals surface area contributed by atoms with Gasteiger partial charge in [-0.15, -0.1) is 0 Å². The van der Waals surface area contributed by atoms with Crippen LogP contribution in [0.4, 0.5) is 0 Å². The molecule has 218 valence electrons. The molecule has 2 fully saturated rings. The van der Waals surface area contributed by atoms with Gasteiger partial charge in [0, 0.05) is 48.9 Å². The van der Waals surface area contributed by atoms with E-state index in [1.165, 1.54) is 0 Å². The van der Waals surface area contributed by atoms with Crippen LogP contribution in [0.3, 0.4) is 0 Å². The number of piperidine rings is 1. The molecule has 2 aliphatic rings. The molecule has 0 radical (unpaired) electrons. The molecule has 1 aliphatic heterocycles. The Balaban J connectivity index is 1.03. The number of H-pyrrole nitrogens is 1. The summed E-state index contributed by atoms with van der Waals surface area (Å²) in [7, 11) is 0. The Hall–Kier alpha value is -4.53. The Bertz CT molecular complexity index is 1860. The van der Waals surface area contributed by atoms with Crippen LogP contribution in [0.15, 0.2) is 64.0 Å². The van der Waals surface area contributed by atoms with Crippen LogP contribution < -0.4 is 10.5 Å². The van der Waals surface area contributed by atoms with Gasteiger partial charge in [0.25, 0.3) is 0 Å². The highest BCUT2D eigenvalue weighted by atomic mass is 35.5. The summed E-state index contributed by atoms with van der Waals surface area (Å²) in [5.74, 6) is 1.98. The van der Waals surface area contributed by atoms with Crippen LogP contribution >= 0.6 is 11.6 Å². The molecule has 0 spiro atoms. The molecule has 0 bridgehead atoms. The van der Waals surface area contributed by atoms with E-state index < -0.39 is 5.76 Å². The van der Waals surface area contributed by atoms with Gasteiger partial charge in [-0.05, 0) is 61.6 Å². The quantitative estimate of drug-likeness (QED) is 0.255. The van der Waals surface area contributed by atoms with Crippen molar-refractivity contribution in [2.75, 3.05) is 13.1 Å². The zero-order valence-electron chi connectivity index (χ0n) is 23.4. The number of rotatable bonds is 9. The van der Waals surface area contributed by atoms with Gasteiger partial charge >= 0.3 is 5.76 Å². The first-order chi connectivity index (χ1) is 20.9. The van der Waals surface area contributed by atoms with Gasteiger partial charge < -0.3 is 9.30 Å². The third kappa shape index (κ3) is 6.02. The SMILES string of the molecule is N#CC1(Cn2c(CN3CCC(Oc4ccnc(Cc5ccc(Cl)cc5)n4)CC3)nc3cc(-c4noc(=O)[nH]4)ccc32)CC1. The maximum absolute atomic E-state index is 11.5. The molecule has 11 nitrogen and oxygen atoms in total. The van der Waals surface area contributed by atoms with E-state index in [2.05, 4.69) is 40.2 Å². The highest BCUT2D eigenvalue weighted by Gasteiger charge is 2.44. The minimum absolute atomic E-state index is 0.0637. The Morgan fingerprint density at radius 3 is 2.65 bits per heavy atom. The van der Waals surface area contributed by atoms with Gasteiger partial charge in [0.1, 0.15) is 17.8 Å². The molecule has 0 unspecified atom stereocenters. The predicted octanol–water partition coefficient (Wildman–Crippen LogP) is 4.76. The smallest absolute Gasteiger partial charge is 0.439 e. The molecular formula is C31H29ClN8O3. The first kappa shape index (κ1) is 27.3. The number of nitrogens with zero attached hydrogens (tertiary/aromatic N) is 7. The monoisotopic (exact) mass is 596 g/mol. The standard InChI is InChI=1S/C31H29ClN8O3/c32-22-4-1-20(2-5-22)15-26-34-12-7-28(36-26)42-23-8-13-39(14-9-23)17-27-35-24-16-21(29-37-30(41)43-38-29)3-6-25(24)40(27)19-31(18-33)10-11-31/h1-7,12,16,23H,8-11,13-15,17,19H2,(H,37,38,41). The van der Waals surface area contributed by atoms with Gasteiger partial charge in [-0.2, -0.15) is 10.2 Å². The Morgan fingerprint density at radius 1 is 1.12 bits per heavy atom. The van der Waals surface area contributed by atoms with Crippen LogP contribution in [0.5, 0.6) is 5.88 Å². The lowest BCUT2D eigenvalue weighted by molar-refractivity contribution is 0.0909. The topological polar surface area (TPSA) is 139 Å². The molecular weight excluding hydrogens is 568 g/mol. The van der Waals surface area contributed by atoms with Gasteiger partial charge in [0.05, 0.1) is 29.1 Å². The van der Waals surface area contributed by atoms with Crippen molar-refractivity contribution in [3.05, 3.63) is 87.5 Å². The fraction of sp³-hybridized carbons (Fsp3) is 0.355. The largest absolute Gasteiger partial charge is 0.474 e. The fourth-order valence-corrected chi connectivity index (χ4v) is 5.74. The lowest BCUT2D eigenvalue weighted by atomic mass is 10.1. The van der Waals surface area contributed by atoms with E-state index in [9.17, 15) is 10.1 Å². The van der Waals surface area contributed by atoms with Crippen LogP contribution in [-0.2, 0) is 19.5 Å². The van der Waals surface area contributed by atoms with Crippen LogP contribution in [0.2, 0.25) is 5.02 Å². The molecule has 12 heteroatoms. The van der Waals surface area contributed by atoms with Crippen molar-refractivity contribution in [2.45, 2.75) is 51.3 Å². The fourth-order valence-electron chi connectivity index (χ4n) is 5.61. The average molecular weight is 597 g/mol. The summed E-state index contributed by atoms with van der Waals surface area (Å²) >= 11 is 6.01. The van der Waals surface area contributed by atoms with Crippen molar-refractivity contribution in [1.82, 2.24) is 34.6 Å². The van der Waals surface area contributed by atoms with Crippen LogP contribution in [0.25, 0.3) is 22.4 Å². The molecule has 3 aromatic heterocycles. The van der Waals surface area contributed by atoms with E-state index in [0.717, 1.165) is 66.8 Å². The van der Waals surface area contributed by atoms with E-state index in [1.54, 1.807) is 6.20 Å². The second-order valence-corrected chi connectivity index (χ2v) is 11.8. The van der Waals surface area contributed by atoms with Gasteiger partial charge in [-0.1, -0.05) is 28.9 Å². The third-order valence-electron chi connectivity index (χ3n) is 8.23. The van der Waals surface area contributed by atoms with E-state index in [-0.39, 0.29) is 11.5 Å². The predicted molar refractivity (Wildman–Crippen MR) is 158 cm³/mol. The normalized spacial score (nSPS) is 16.7. The number of aromatic amines is 1. The number of halogens is 1.